The van der Waals surface area contributed by atoms with Crippen LogP contribution in [0.15, 0.2) is 24.3 Å². The van der Waals surface area contributed by atoms with Gasteiger partial charge >= 0.3 is 0 Å². The number of amides is 1. The van der Waals surface area contributed by atoms with Crippen molar-refractivity contribution < 1.29 is 4.79 Å². The van der Waals surface area contributed by atoms with Gasteiger partial charge in [0, 0.05) is 24.7 Å². The van der Waals surface area contributed by atoms with Crippen molar-refractivity contribution in [2.24, 2.45) is 5.92 Å². The minimum absolute atomic E-state index is 0.155. The molecule has 0 saturated carbocycles. The Bertz CT molecular complexity index is 452. The monoisotopic (exact) mass is 306 g/mol. The lowest BCUT2D eigenvalue weighted by atomic mass is 9.96. The van der Waals surface area contributed by atoms with E-state index in [9.17, 15) is 4.79 Å². The molecule has 1 aliphatic heterocycles. The van der Waals surface area contributed by atoms with Crippen LogP contribution >= 0.6 is 11.9 Å². The highest BCUT2D eigenvalue weighted by Gasteiger charge is 2.24. The highest BCUT2D eigenvalue weighted by atomic mass is 32.2. The van der Waals surface area contributed by atoms with E-state index in [1.165, 1.54) is 5.56 Å². The zero-order chi connectivity index (χ0) is 15.2. The summed E-state index contributed by atoms with van der Waals surface area (Å²) in [5.41, 5.74) is 2.25. The molecule has 21 heavy (non-hydrogen) atoms. The fourth-order valence-corrected chi connectivity index (χ4v) is 3.25. The van der Waals surface area contributed by atoms with Gasteiger partial charge in [0.05, 0.1) is 0 Å². The Morgan fingerprint density at radius 1 is 1.33 bits per heavy atom. The van der Waals surface area contributed by atoms with Gasteiger partial charge in [-0.25, -0.2) is 0 Å². The average Bonchev–Trinajstić information content (AvgIpc) is 2.55. The Morgan fingerprint density at radius 3 is 2.48 bits per heavy atom. The van der Waals surface area contributed by atoms with E-state index < -0.39 is 0 Å². The van der Waals surface area contributed by atoms with Crippen molar-refractivity contribution in [2.45, 2.75) is 39.0 Å². The maximum atomic E-state index is 12.3. The van der Waals surface area contributed by atoms with Gasteiger partial charge in [-0.15, -0.1) is 0 Å². The predicted octanol–water partition coefficient (Wildman–Crippen LogP) is 4.13. The van der Waals surface area contributed by atoms with Gasteiger partial charge in [0.15, 0.2) is 0 Å². The van der Waals surface area contributed by atoms with E-state index in [1.807, 2.05) is 12.1 Å². The third-order valence-electron chi connectivity index (χ3n) is 4.44. The third kappa shape index (κ3) is 4.48. The van der Waals surface area contributed by atoms with Gasteiger partial charge in [-0.3, -0.25) is 9.10 Å². The average molecular weight is 306 g/mol. The first kappa shape index (κ1) is 16.4. The zero-order valence-corrected chi connectivity index (χ0v) is 14.1. The number of carbonyl (C=O) groups excluding carboxylic acids is 1. The van der Waals surface area contributed by atoms with E-state index in [0.717, 1.165) is 38.0 Å². The predicted molar refractivity (Wildman–Crippen MR) is 91.6 cm³/mol. The summed E-state index contributed by atoms with van der Waals surface area (Å²) in [6, 6.07) is 8.30. The van der Waals surface area contributed by atoms with Crippen molar-refractivity contribution in [3.05, 3.63) is 29.8 Å². The van der Waals surface area contributed by atoms with Crippen LogP contribution in [0.1, 0.15) is 44.6 Å². The number of anilines is 1. The standard InChI is InChI=1S/C17H26N2OS/c1-4-13(2)14-5-7-16(8-6-14)18-17(20)15-9-11-19(21-3)12-10-15/h5-8,13,15H,4,9-12H2,1-3H3,(H,18,20). The highest BCUT2D eigenvalue weighted by Crippen LogP contribution is 2.24. The van der Waals surface area contributed by atoms with Crippen molar-refractivity contribution in [2.75, 3.05) is 24.7 Å². The quantitative estimate of drug-likeness (QED) is 0.830. The molecule has 1 saturated heterocycles. The Balaban J connectivity index is 1.88. The Hall–Kier alpha value is -1.00. The summed E-state index contributed by atoms with van der Waals surface area (Å²) in [6.07, 6.45) is 5.15. The molecule has 1 aliphatic rings. The van der Waals surface area contributed by atoms with Gasteiger partial charge in [-0.2, -0.15) is 0 Å². The molecule has 116 valence electrons. The maximum Gasteiger partial charge on any atom is 0.227 e. The molecule has 4 heteroatoms. The smallest absolute Gasteiger partial charge is 0.227 e. The van der Waals surface area contributed by atoms with Crippen LogP contribution in [-0.2, 0) is 4.79 Å². The third-order valence-corrected chi connectivity index (χ3v) is 5.32. The van der Waals surface area contributed by atoms with Gasteiger partial charge in [0.2, 0.25) is 5.91 Å². The summed E-state index contributed by atoms with van der Waals surface area (Å²) in [5, 5.41) is 3.06. The summed E-state index contributed by atoms with van der Waals surface area (Å²) >= 11 is 1.77. The fraction of sp³-hybridized carbons (Fsp3) is 0.588. The van der Waals surface area contributed by atoms with Gasteiger partial charge in [0.1, 0.15) is 0 Å². The van der Waals surface area contributed by atoms with Crippen LogP contribution in [0.2, 0.25) is 0 Å². The van der Waals surface area contributed by atoms with Gasteiger partial charge in [-0.05, 0) is 49.1 Å². The van der Waals surface area contributed by atoms with Crippen molar-refractivity contribution in [1.82, 2.24) is 4.31 Å². The lowest BCUT2D eigenvalue weighted by Gasteiger charge is -2.29. The van der Waals surface area contributed by atoms with E-state index in [1.54, 1.807) is 11.9 Å². The van der Waals surface area contributed by atoms with Crippen LogP contribution < -0.4 is 5.32 Å². The van der Waals surface area contributed by atoms with Crippen LogP contribution in [0.3, 0.4) is 0 Å². The first-order valence-electron chi connectivity index (χ1n) is 7.84. The summed E-state index contributed by atoms with van der Waals surface area (Å²) in [5.74, 6) is 0.903. The molecule has 1 fully saturated rings. The Kier molecular flexibility index (Phi) is 6.12. The van der Waals surface area contributed by atoms with Crippen molar-refractivity contribution in [3.63, 3.8) is 0 Å². The molecule has 1 N–H and O–H groups in total. The molecule has 1 amide bonds. The fourth-order valence-electron chi connectivity index (χ4n) is 2.68. The molecule has 1 atom stereocenters. The van der Waals surface area contributed by atoms with Crippen LogP contribution in [-0.4, -0.2) is 29.6 Å². The second-order valence-corrected chi connectivity index (χ2v) is 6.69. The first-order valence-corrected chi connectivity index (χ1v) is 9.02. The number of nitrogens with one attached hydrogen (secondary N) is 1. The number of nitrogens with zero attached hydrogens (tertiary/aromatic N) is 1. The molecule has 1 heterocycles. The molecule has 2 rings (SSSR count). The lowest BCUT2D eigenvalue weighted by Crippen LogP contribution is -2.34. The van der Waals surface area contributed by atoms with Crippen LogP contribution in [0.25, 0.3) is 0 Å². The molecule has 0 bridgehead atoms. The van der Waals surface area contributed by atoms with E-state index >= 15 is 0 Å². The van der Waals surface area contributed by atoms with Crippen molar-refractivity contribution >= 4 is 23.5 Å². The number of piperidine rings is 1. The molecule has 0 aromatic heterocycles. The SMILES string of the molecule is CCC(C)c1ccc(NC(=O)C2CCN(SC)CC2)cc1. The molecule has 1 aromatic rings. The summed E-state index contributed by atoms with van der Waals surface area (Å²) in [6.45, 7) is 6.44. The van der Waals surface area contributed by atoms with E-state index in [2.05, 4.69) is 41.9 Å². The normalized spacial score (nSPS) is 18.4. The molecule has 1 unspecified atom stereocenters. The minimum atomic E-state index is 0.155. The molecular weight excluding hydrogens is 280 g/mol. The van der Waals surface area contributed by atoms with Crippen LogP contribution in [0.5, 0.6) is 0 Å². The zero-order valence-electron chi connectivity index (χ0n) is 13.3. The second-order valence-electron chi connectivity index (χ2n) is 5.81. The van der Waals surface area contributed by atoms with Crippen molar-refractivity contribution in [3.8, 4) is 0 Å². The topological polar surface area (TPSA) is 32.3 Å². The van der Waals surface area contributed by atoms with Crippen LogP contribution in [0, 0.1) is 5.92 Å². The number of hydrogen-bond donors (Lipinski definition) is 1. The number of rotatable bonds is 5. The molecule has 1 aromatic carbocycles. The van der Waals surface area contributed by atoms with E-state index in [0.29, 0.717) is 5.92 Å². The number of benzene rings is 1. The number of carbonyl (C=O) groups is 1. The first-order chi connectivity index (χ1) is 10.1. The Morgan fingerprint density at radius 2 is 1.95 bits per heavy atom. The van der Waals surface area contributed by atoms with Crippen LogP contribution in [0.4, 0.5) is 5.69 Å². The molecule has 0 aliphatic carbocycles. The number of hydrogen-bond acceptors (Lipinski definition) is 3. The molecule has 0 radical (unpaired) electrons. The largest absolute Gasteiger partial charge is 0.326 e. The second kappa shape index (κ2) is 7.85. The van der Waals surface area contributed by atoms with Gasteiger partial charge in [-0.1, -0.05) is 37.9 Å². The molecule has 3 nitrogen and oxygen atoms in total. The minimum Gasteiger partial charge on any atom is -0.326 e. The Labute approximate surface area is 132 Å². The molecule has 0 spiro atoms. The summed E-state index contributed by atoms with van der Waals surface area (Å²) < 4.78 is 2.32. The molecular formula is C17H26N2OS. The summed E-state index contributed by atoms with van der Waals surface area (Å²) in [7, 11) is 0. The van der Waals surface area contributed by atoms with Gasteiger partial charge in [0.25, 0.3) is 0 Å². The van der Waals surface area contributed by atoms with Crippen molar-refractivity contribution in [1.29, 1.82) is 0 Å². The maximum absolute atomic E-state index is 12.3. The summed E-state index contributed by atoms with van der Waals surface area (Å²) in [4.78, 5) is 12.3. The van der Waals surface area contributed by atoms with E-state index in [4.69, 9.17) is 0 Å². The van der Waals surface area contributed by atoms with E-state index in [-0.39, 0.29) is 11.8 Å². The van der Waals surface area contributed by atoms with Gasteiger partial charge < -0.3 is 5.32 Å². The lowest BCUT2D eigenvalue weighted by molar-refractivity contribution is -0.120. The highest BCUT2D eigenvalue weighted by molar-refractivity contribution is 7.96.